The smallest absolute Gasteiger partial charge is 0.0428 e. The third-order valence-electron chi connectivity index (χ3n) is 4.26. The maximum atomic E-state index is 3.89. The molecule has 1 N–H and O–H groups in total. The first kappa shape index (κ1) is 13.5. The Kier molecular flexibility index (Phi) is 4.46. The molecule has 104 valence electrons. The molecule has 0 bridgehead atoms. The van der Waals surface area contributed by atoms with E-state index in [2.05, 4.69) is 41.4 Å². The molecule has 2 heterocycles. The maximum absolute atomic E-state index is 3.89. The summed E-state index contributed by atoms with van der Waals surface area (Å²) in [6, 6.07) is 10.2. The number of benzene rings is 1. The summed E-state index contributed by atoms with van der Waals surface area (Å²) >= 11 is 2.00. The Morgan fingerprint density at radius 2 is 2.05 bits per heavy atom. The van der Waals surface area contributed by atoms with Crippen molar-refractivity contribution in [2.45, 2.75) is 43.2 Å². The van der Waals surface area contributed by atoms with Gasteiger partial charge in [0.05, 0.1) is 0 Å². The number of hydrogen-bond acceptors (Lipinski definition) is 3. The first-order chi connectivity index (χ1) is 9.36. The lowest BCUT2D eigenvalue weighted by atomic mass is 10.0. The summed E-state index contributed by atoms with van der Waals surface area (Å²) in [5.41, 5.74) is 1.52. The van der Waals surface area contributed by atoms with Crippen molar-refractivity contribution in [1.29, 1.82) is 0 Å². The molecule has 3 rings (SSSR count). The molecule has 0 aromatic heterocycles. The molecule has 2 nitrogen and oxygen atoms in total. The van der Waals surface area contributed by atoms with Crippen LogP contribution >= 0.6 is 11.8 Å². The molecule has 0 amide bonds. The lowest BCUT2D eigenvalue weighted by Gasteiger charge is -2.33. The molecule has 1 fully saturated rings. The summed E-state index contributed by atoms with van der Waals surface area (Å²) in [6.07, 6.45) is 3.90. The largest absolute Gasteiger partial charge is 0.306 e. The number of hydrogen-bond donors (Lipinski definition) is 1. The standard InChI is InChI=1S/C16H24N2S/c1-2-9-18-10-7-13(8-11-18)17-15-12-19-16-6-4-3-5-14(15)16/h3-6,13,15,17H,2,7-12H2,1H3. The van der Waals surface area contributed by atoms with Gasteiger partial charge in [0.15, 0.2) is 0 Å². The van der Waals surface area contributed by atoms with E-state index in [1.807, 2.05) is 11.8 Å². The van der Waals surface area contributed by atoms with Gasteiger partial charge in [0.1, 0.15) is 0 Å². The zero-order valence-electron chi connectivity index (χ0n) is 11.8. The van der Waals surface area contributed by atoms with Gasteiger partial charge in [-0.05, 0) is 50.5 Å². The molecule has 2 aliphatic heterocycles. The first-order valence-corrected chi connectivity index (χ1v) is 8.55. The molecule has 0 aliphatic carbocycles. The Morgan fingerprint density at radius 1 is 1.26 bits per heavy atom. The number of likely N-dealkylation sites (tertiary alicyclic amines) is 1. The number of fused-ring (bicyclic) bond motifs is 1. The van der Waals surface area contributed by atoms with E-state index >= 15 is 0 Å². The van der Waals surface area contributed by atoms with Gasteiger partial charge in [-0.3, -0.25) is 0 Å². The van der Waals surface area contributed by atoms with Crippen molar-refractivity contribution in [2.75, 3.05) is 25.4 Å². The summed E-state index contributed by atoms with van der Waals surface area (Å²) < 4.78 is 0. The molecule has 1 unspecified atom stereocenters. The molecule has 0 saturated carbocycles. The third kappa shape index (κ3) is 3.15. The van der Waals surface area contributed by atoms with Gasteiger partial charge in [-0.15, -0.1) is 11.8 Å². The van der Waals surface area contributed by atoms with Crippen molar-refractivity contribution in [3.8, 4) is 0 Å². The predicted molar refractivity (Wildman–Crippen MR) is 82.8 cm³/mol. The van der Waals surface area contributed by atoms with Crippen LogP contribution in [0.2, 0.25) is 0 Å². The van der Waals surface area contributed by atoms with E-state index < -0.39 is 0 Å². The van der Waals surface area contributed by atoms with Crippen molar-refractivity contribution >= 4 is 11.8 Å². The van der Waals surface area contributed by atoms with Crippen LogP contribution in [-0.2, 0) is 0 Å². The third-order valence-corrected chi connectivity index (χ3v) is 5.45. The zero-order valence-corrected chi connectivity index (χ0v) is 12.6. The van der Waals surface area contributed by atoms with Crippen LogP contribution in [0.5, 0.6) is 0 Å². The number of thioether (sulfide) groups is 1. The Labute approximate surface area is 121 Å². The van der Waals surface area contributed by atoms with Crippen molar-refractivity contribution in [1.82, 2.24) is 10.2 Å². The number of nitrogens with zero attached hydrogens (tertiary/aromatic N) is 1. The summed E-state index contributed by atoms with van der Waals surface area (Å²) in [5, 5.41) is 3.89. The van der Waals surface area contributed by atoms with Gasteiger partial charge in [-0.1, -0.05) is 25.1 Å². The molecule has 1 atom stereocenters. The van der Waals surface area contributed by atoms with E-state index in [0.717, 1.165) is 0 Å². The van der Waals surface area contributed by atoms with E-state index in [-0.39, 0.29) is 0 Å². The Hall–Kier alpha value is -0.510. The van der Waals surface area contributed by atoms with Gasteiger partial charge in [-0.2, -0.15) is 0 Å². The van der Waals surface area contributed by atoms with Crippen LogP contribution in [0.3, 0.4) is 0 Å². The average molecular weight is 276 g/mol. The van der Waals surface area contributed by atoms with E-state index in [4.69, 9.17) is 0 Å². The van der Waals surface area contributed by atoms with Crippen LogP contribution in [0.15, 0.2) is 29.2 Å². The maximum Gasteiger partial charge on any atom is 0.0428 e. The molecule has 0 radical (unpaired) electrons. The monoisotopic (exact) mass is 276 g/mol. The molecule has 0 spiro atoms. The van der Waals surface area contributed by atoms with Gasteiger partial charge in [-0.25, -0.2) is 0 Å². The van der Waals surface area contributed by atoms with Gasteiger partial charge in [0, 0.05) is 22.7 Å². The fraction of sp³-hybridized carbons (Fsp3) is 0.625. The Balaban J connectivity index is 1.54. The van der Waals surface area contributed by atoms with Gasteiger partial charge in [0.25, 0.3) is 0 Å². The van der Waals surface area contributed by atoms with Gasteiger partial charge in [0.2, 0.25) is 0 Å². The predicted octanol–water partition coefficient (Wildman–Crippen LogP) is 3.30. The summed E-state index contributed by atoms with van der Waals surface area (Å²) in [6.45, 7) is 6.09. The van der Waals surface area contributed by atoms with Crippen molar-refractivity contribution in [3.05, 3.63) is 29.8 Å². The topological polar surface area (TPSA) is 15.3 Å². The highest BCUT2D eigenvalue weighted by Crippen LogP contribution is 2.38. The van der Waals surface area contributed by atoms with Crippen molar-refractivity contribution in [3.63, 3.8) is 0 Å². The average Bonchev–Trinajstić information content (AvgIpc) is 2.85. The lowest BCUT2D eigenvalue weighted by Crippen LogP contribution is -2.43. The molecule has 3 heteroatoms. The van der Waals surface area contributed by atoms with E-state index in [1.54, 1.807) is 0 Å². The minimum Gasteiger partial charge on any atom is -0.306 e. The SMILES string of the molecule is CCCN1CCC(NC2CSc3ccccc32)CC1. The van der Waals surface area contributed by atoms with Crippen LogP contribution in [0.25, 0.3) is 0 Å². The quantitative estimate of drug-likeness (QED) is 0.908. The second-order valence-electron chi connectivity index (χ2n) is 5.68. The highest BCUT2D eigenvalue weighted by Gasteiger charge is 2.26. The van der Waals surface area contributed by atoms with Gasteiger partial charge >= 0.3 is 0 Å². The minimum atomic E-state index is 0.573. The second kappa shape index (κ2) is 6.29. The van der Waals surface area contributed by atoms with E-state index in [1.165, 1.54) is 55.1 Å². The molecular weight excluding hydrogens is 252 g/mol. The molecule has 19 heavy (non-hydrogen) atoms. The van der Waals surface area contributed by atoms with Gasteiger partial charge < -0.3 is 10.2 Å². The highest BCUT2D eigenvalue weighted by molar-refractivity contribution is 7.99. The zero-order chi connectivity index (χ0) is 13.1. The molecular formula is C16H24N2S. The lowest BCUT2D eigenvalue weighted by molar-refractivity contribution is 0.193. The fourth-order valence-corrected chi connectivity index (χ4v) is 4.40. The van der Waals surface area contributed by atoms with Crippen molar-refractivity contribution < 1.29 is 0 Å². The fourth-order valence-electron chi connectivity index (χ4n) is 3.22. The normalized spacial score (nSPS) is 24.6. The van der Waals surface area contributed by atoms with Crippen LogP contribution in [0.1, 0.15) is 37.8 Å². The second-order valence-corrected chi connectivity index (χ2v) is 6.75. The summed E-state index contributed by atoms with van der Waals surface area (Å²) in [5.74, 6) is 1.20. The molecule has 1 aromatic rings. The van der Waals surface area contributed by atoms with Crippen LogP contribution < -0.4 is 5.32 Å². The van der Waals surface area contributed by atoms with Crippen LogP contribution in [0.4, 0.5) is 0 Å². The van der Waals surface area contributed by atoms with Crippen molar-refractivity contribution in [2.24, 2.45) is 0 Å². The minimum absolute atomic E-state index is 0.573. The molecule has 1 saturated heterocycles. The number of rotatable bonds is 4. The Bertz CT molecular complexity index is 413. The highest BCUT2D eigenvalue weighted by atomic mass is 32.2. The van der Waals surface area contributed by atoms with E-state index in [0.29, 0.717) is 12.1 Å². The molecule has 1 aromatic carbocycles. The Morgan fingerprint density at radius 3 is 2.84 bits per heavy atom. The van der Waals surface area contributed by atoms with E-state index in [9.17, 15) is 0 Å². The number of piperidine rings is 1. The first-order valence-electron chi connectivity index (χ1n) is 7.57. The summed E-state index contributed by atoms with van der Waals surface area (Å²) in [7, 11) is 0. The van der Waals surface area contributed by atoms with Crippen LogP contribution in [0, 0.1) is 0 Å². The van der Waals surface area contributed by atoms with Crippen LogP contribution in [-0.4, -0.2) is 36.3 Å². The molecule has 2 aliphatic rings. The summed E-state index contributed by atoms with van der Waals surface area (Å²) in [4.78, 5) is 4.08. The number of nitrogens with one attached hydrogen (secondary N) is 1.